The summed E-state index contributed by atoms with van der Waals surface area (Å²) in [4.78, 5) is 24.5. The molecule has 8 heteroatoms. The lowest BCUT2D eigenvalue weighted by Crippen LogP contribution is -2.10. The lowest BCUT2D eigenvalue weighted by atomic mass is 10.1. The van der Waals surface area contributed by atoms with Gasteiger partial charge in [0.25, 0.3) is 0 Å². The molecule has 0 aromatic carbocycles. The van der Waals surface area contributed by atoms with Crippen LogP contribution in [0.5, 0.6) is 0 Å². The third-order valence-electron chi connectivity index (χ3n) is 4.70. The van der Waals surface area contributed by atoms with E-state index in [1.807, 2.05) is 51.5 Å². The molecular weight excluding hydrogens is 364 g/mol. The first-order valence-corrected chi connectivity index (χ1v) is 9.18. The van der Waals surface area contributed by atoms with E-state index in [0.717, 1.165) is 33.5 Å². The van der Waals surface area contributed by atoms with Gasteiger partial charge in [0.05, 0.1) is 18.3 Å². The highest BCUT2D eigenvalue weighted by molar-refractivity contribution is 5.96. The minimum absolute atomic E-state index is 0.0491. The fourth-order valence-electron chi connectivity index (χ4n) is 3.12. The van der Waals surface area contributed by atoms with Crippen molar-refractivity contribution < 1.29 is 0 Å². The van der Waals surface area contributed by atoms with Crippen molar-refractivity contribution in [2.24, 2.45) is 0 Å². The number of aromatic amines is 1. The first-order valence-electron chi connectivity index (χ1n) is 9.18. The van der Waals surface area contributed by atoms with Crippen LogP contribution in [0.2, 0.25) is 0 Å². The van der Waals surface area contributed by atoms with Crippen LogP contribution in [-0.4, -0.2) is 32.0 Å². The molecule has 0 aliphatic carbocycles. The first kappa shape index (κ1) is 18.4. The number of fused-ring (bicyclic) bond motifs is 1. The van der Waals surface area contributed by atoms with Crippen molar-refractivity contribution in [1.82, 2.24) is 24.9 Å². The highest BCUT2D eigenvalue weighted by Gasteiger charge is 2.16. The van der Waals surface area contributed by atoms with Crippen LogP contribution in [0.4, 0.5) is 17.5 Å². The van der Waals surface area contributed by atoms with Crippen molar-refractivity contribution >= 4 is 28.5 Å². The van der Waals surface area contributed by atoms with E-state index < -0.39 is 0 Å². The molecule has 0 fully saturated rings. The molecule has 8 nitrogen and oxygen atoms in total. The number of hydrogen-bond donors (Lipinski definition) is 3. The van der Waals surface area contributed by atoms with E-state index in [0.29, 0.717) is 17.3 Å². The summed E-state index contributed by atoms with van der Waals surface area (Å²) in [6.45, 7) is 11.5. The zero-order chi connectivity index (χ0) is 20.4. The van der Waals surface area contributed by atoms with Gasteiger partial charge in [0.1, 0.15) is 11.5 Å². The molecule has 1 atom stereocenters. The fraction of sp³-hybridized carbons (Fsp3) is 0.190. The maximum atomic E-state index is 7.51. The Morgan fingerprint density at radius 3 is 2.72 bits per heavy atom. The van der Waals surface area contributed by atoms with E-state index in [2.05, 4.69) is 40.4 Å². The van der Waals surface area contributed by atoms with Crippen LogP contribution in [-0.2, 0) is 0 Å². The number of nitrogens with one attached hydrogen (secondary N) is 3. The molecule has 29 heavy (non-hydrogen) atoms. The van der Waals surface area contributed by atoms with Crippen molar-refractivity contribution in [3.63, 3.8) is 0 Å². The molecule has 1 unspecified atom stereocenters. The topological polar surface area (TPSA) is 95.8 Å². The largest absolute Gasteiger partial charge is 0.373 e. The quantitative estimate of drug-likeness (QED) is 0.439. The van der Waals surface area contributed by atoms with Crippen LogP contribution in [0.3, 0.4) is 0 Å². The molecule has 3 N–H and O–H groups in total. The minimum atomic E-state index is -0.0491. The number of pyridine rings is 2. The average molecular weight is 384 g/mol. The summed E-state index contributed by atoms with van der Waals surface area (Å²) in [6.07, 6.45) is 7.00. The van der Waals surface area contributed by atoms with Gasteiger partial charge >= 0.3 is 0 Å². The van der Waals surface area contributed by atoms with Crippen LogP contribution in [0, 0.1) is 13.5 Å². The Hall–Kier alpha value is -3.99. The smallest absolute Gasteiger partial charge is 0.231 e. The number of rotatable bonds is 5. The Balaban J connectivity index is 1.69. The summed E-state index contributed by atoms with van der Waals surface area (Å²) < 4.78 is 0. The summed E-state index contributed by atoms with van der Waals surface area (Å²) in [6, 6.07) is 5.91. The molecule has 4 aromatic rings. The van der Waals surface area contributed by atoms with Gasteiger partial charge in [-0.05, 0) is 37.1 Å². The zero-order valence-electron chi connectivity index (χ0n) is 16.4. The molecule has 0 aliphatic rings. The Bertz CT molecular complexity index is 1200. The van der Waals surface area contributed by atoms with Gasteiger partial charge in [0.2, 0.25) is 11.6 Å². The second-order valence-electron chi connectivity index (χ2n) is 6.74. The van der Waals surface area contributed by atoms with E-state index in [4.69, 9.17) is 6.57 Å². The second-order valence-corrected chi connectivity index (χ2v) is 6.74. The first-order chi connectivity index (χ1) is 14.1. The summed E-state index contributed by atoms with van der Waals surface area (Å²) in [5.41, 5.74) is 4.62. The molecule has 4 aromatic heterocycles. The molecule has 0 amide bonds. The molecule has 0 bridgehead atoms. The minimum Gasteiger partial charge on any atom is -0.373 e. The normalized spacial score (nSPS) is 11.8. The number of aryl methyl sites for hydroxylation is 1. The molecular formula is C21H20N8. The lowest BCUT2D eigenvalue weighted by Gasteiger charge is -2.15. The molecule has 4 heterocycles. The van der Waals surface area contributed by atoms with Crippen LogP contribution in [0.25, 0.3) is 27.1 Å². The molecule has 0 saturated carbocycles. The van der Waals surface area contributed by atoms with E-state index in [1.54, 1.807) is 12.4 Å². The van der Waals surface area contributed by atoms with Crippen molar-refractivity contribution in [3.8, 4) is 11.3 Å². The molecule has 0 aliphatic heterocycles. The Labute approximate surface area is 168 Å². The Kier molecular flexibility index (Phi) is 4.79. The standard InChI is InChI=1S/C21H20N8/c1-12-7-15-16(10-26-20(15)25-8-12)19-17(22-3)11-27-21(29-19)28-13(2)14-5-6-18(23-4)24-9-14/h5-11,13H,1-2,4H3,(H,23,24)(H,25,26)(H,27,28,29). The second kappa shape index (κ2) is 7.56. The summed E-state index contributed by atoms with van der Waals surface area (Å²) in [5.74, 6) is 1.26. The van der Waals surface area contributed by atoms with Gasteiger partial charge in [0, 0.05) is 42.8 Å². The Morgan fingerprint density at radius 2 is 2.00 bits per heavy atom. The third kappa shape index (κ3) is 3.58. The lowest BCUT2D eigenvalue weighted by molar-refractivity contribution is 0.854. The SMILES string of the molecule is [C-]#[N+]c1cnc(NC(C)c2ccc(NC)nc2)nc1-c1c[nH]c2ncc(C)cc12. The van der Waals surface area contributed by atoms with E-state index in [1.165, 1.54) is 0 Å². The van der Waals surface area contributed by atoms with Crippen LogP contribution >= 0.6 is 0 Å². The van der Waals surface area contributed by atoms with Gasteiger partial charge in [-0.25, -0.2) is 24.8 Å². The van der Waals surface area contributed by atoms with Crippen molar-refractivity contribution in [2.45, 2.75) is 19.9 Å². The van der Waals surface area contributed by atoms with Crippen LogP contribution < -0.4 is 10.6 Å². The number of aromatic nitrogens is 5. The Morgan fingerprint density at radius 1 is 1.14 bits per heavy atom. The molecule has 0 saturated heterocycles. The van der Waals surface area contributed by atoms with E-state index in [9.17, 15) is 0 Å². The predicted octanol–water partition coefficient (Wildman–Crippen LogP) is 4.49. The van der Waals surface area contributed by atoms with Crippen molar-refractivity contribution in [2.75, 3.05) is 17.7 Å². The number of H-pyrrole nitrogens is 1. The highest BCUT2D eigenvalue weighted by atomic mass is 15.1. The van der Waals surface area contributed by atoms with E-state index in [-0.39, 0.29) is 6.04 Å². The summed E-state index contributed by atoms with van der Waals surface area (Å²) in [5, 5.41) is 7.23. The molecule has 144 valence electrons. The molecule has 0 spiro atoms. The van der Waals surface area contributed by atoms with Gasteiger partial charge in [0.15, 0.2) is 0 Å². The fourth-order valence-corrected chi connectivity index (χ4v) is 3.12. The predicted molar refractivity (Wildman–Crippen MR) is 114 cm³/mol. The maximum absolute atomic E-state index is 7.51. The van der Waals surface area contributed by atoms with Crippen LogP contribution in [0.1, 0.15) is 24.1 Å². The van der Waals surface area contributed by atoms with Gasteiger partial charge in [-0.2, -0.15) is 0 Å². The van der Waals surface area contributed by atoms with Crippen molar-refractivity contribution in [1.29, 1.82) is 0 Å². The van der Waals surface area contributed by atoms with Crippen LogP contribution in [0.15, 0.2) is 43.0 Å². The summed E-state index contributed by atoms with van der Waals surface area (Å²) >= 11 is 0. The average Bonchev–Trinajstić information content (AvgIpc) is 3.16. The molecule has 0 radical (unpaired) electrons. The monoisotopic (exact) mass is 384 g/mol. The van der Waals surface area contributed by atoms with Gasteiger partial charge < -0.3 is 15.6 Å². The molecule has 4 rings (SSSR count). The van der Waals surface area contributed by atoms with Crippen molar-refractivity contribution in [3.05, 3.63) is 65.5 Å². The number of hydrogen-bond acceptors (Lipinski definition) is 6. The number of anilines is 2. The van der Waals surface area contributed by atoms with Gasteiger partial charge in [-0.15, -0.1) is 0 Å². The highest BCUT2D eigenvalue weighted by Crippen LogP contribution is 2.34. The maximum Gasteiger partial charge on any atom is 0.231 e. The zero-order valence-corrected chi connectivity index (χ0v) is 16.4. The van der Waals surface area contributed by atoms with E-state index >= 15 is 0 Å². The van der Waals surface area contributed by atoms with Gasteiger partial charge in [-0.3, -0.25) is 0 Å². The summed E-state index contributed by atoms with van der Waals surface area (Å²) in [7, 11) is 1.83. The third-order valence-corrected chi connectivity index (χ3v) is 4.70. The van der Waals surface area contributed by atoms with Gasteiger partial charge in [-0.1, -0.05) is 6.07 Å². The number of nitrogens with zero attached hydrogens (tertiary/aromatic N) is 5.